The average molecular weight is 304 g/mol. The molecule has 0 amide bonds. The van der Waals surface area contributed by atoms with E-state index >= 15 is 0 Å². The largest absolute Gasteiger partial charge is 0.343 e. The minimum absolute atomic E-state index is 0.669. The van der Waals surface area contributed by atoms with Crippen LogP contribution in [0.3, 0.4) is 0 Å². The van der Waals surface area contributed by atoms with Crippen LogP contribution in [-0.4, -0.2) is 4.57 Å². The number of benzene rings is 2. The highest BCUT2D eigenvalue weighted by Gasteiger charge is 2.07. The topological polar surface area (TPSA) is 4.93 Å². The molecule has 0 fully saturated rings. The molecule has 0 radical (unpaired) electrons. The van der Waals surface area contributed by atoms with E-state index in [4.69, 9.17) is 23.2 Å². The standard InChI is InChI=1S/C17H15Cl2N/c1-11-5-12(2)7-13(6-11)10-20-4-3-15-16(19)8-14(18)9-17(15)20/h3-9H,10H2,1-2H3. The fourth-order valence-corrected chi connectivity index (χ4v) is 3.26. The minimum Gasteiger partial charge on any atom is -0.343 e. The molecule has 1 nitrogen and oxygen atoms in total. The van der Waals surface area contributed by atoms with E-state index in [9.17, 15) is 0 Å². The van der Waals surface area contributed by atoms with Crippen molar-refractivity contribution in [3.63, 3.8) is 0 Å². The fourth-order valence-electron chi connectivity index (χ4n) is 2.71. The van der Waals surface area contributed by atoms with Crippen molar-refractivity contribution in [1.82, 2.24) is 4.57 Å². The first kappa shape index (κ1) is 13.5. The first-order valence-electron chi connectivity index (χ1n) is 6.54. The number of hydrogen-bond donors (Lipinski definition) is 0. The lowest BCUT2D eigenvalue weighted by atomic mass is 10.1. The van der Waals surface area contributed by atoms with E-state index in [2.05, 4.69) is 42.8 Å². The molecule has 0 aliphatic rings. The van der Waals surface area contributed by atoms with Gasteiger partial charge in [0.1, 0.15) is 0 Å². The van der Waals surface area contributed by atoms with Crippen LogP contribution in [0.15, 0.2) is 42.6 Å². The summed E-state index contributed by atoms with van der Waals surface area (Å²) in [6.07, 6.45) is 2.06. The van der Waals surface area contributed by atoms with Crippen LogP contribution < -0.4 is 0 Å². The number of aromatic nitrogens is 1. The van der Waals surface area contributed by atoms with Gasteiger partial charge in [-0.05, 0) is 37.6 Å². The lowest BCUT2D eigenvalue weighted by Gasteiger charge is -2.09. The van der Waals surface area contributed by atoms with Gasteiger partial charge in [-0.3, -0.25) is 0 Å². The summed E-state index contributed by atoms with van der Waals surface area (Å²) in [7, 11) is 0. The van der Waals surface area contributed by atoms with Crippen LogP contribution >= 0.6 is 23.2 Å². The molecule has 3 heteroatoms. The zero-order valence-electron chi connectivity index (χ0n) is 11.5. The van der Waals surface area contributed by atoms with Crippen LogP contribution in [0.5, 0.6) is 0 Å². The summed E-state index contributed by atoms with van der Waals surface area (Å²) < 4.78 is 2.18. The Kier molecular flexibility index (Phi) is 3.49. The molecule has 0 N–H and O–H groups in total. The molecular weight excluding hydrogens is 289 g/mol. The zero-order chi connectivity index (χ0) is 14.3. The van der Waals surface area contributed by atoms with E-state index in [1.54, 1.807) is 6.07 Å². The third kappa shape index (κ3) is 2.56. The van der Waals surface area contributed by atoms with Crippen molar-refractivity contribution >= 4 is 34.1 Å². The minimum atomic E-state index is 0.669. The summed E-state index contributed by atoms with van der Waals surface area (Å²) >= 11 is 12.3. The van der Waals surface area contributed by atoms with E-state index in [-0.39, 0.29) is 0 Å². The Morgan fingerprint density at radius 3 is 2.35 bits per heavy atom. The number of hydrogen-bond acceptors (Lipinski definition) is 0. The van der Waals surface area contributed by atoms with Crippen molar-refractivity contribution in [1.29, 1.82) is 0 Å². The van der Waals surface area contributed by atoms with E-state index in [1.807, 2.05) is 12.1 Å². The molecular formula is C17H15Cl2N. The Morgan fingerprint density at radius 1 is 0.950 bits per heavy atom. The van der Waals surface area contributed by atoms with Crippen LogP contribution in [-0.2, 0) is 6.54 Å². The van der Waals surface area contributed by atoms with Gasteiger partial charge in [0, 0.05) is 23.2 Å². The molecule has 1 heterocycles. The van der Waals surface area contributed by atoms with Crippen molar-refractivity contribution in [2.45, 2.75) is 20.4 Å². The number of aryl methyl sites for hydroxylation is 2. The predicted molar refractivity (Wildman–Crippen MR) is 87.0 cm³/mol. The summed E-state index contributed by atoms with van der Waals surface area (Å²) in [4.78, 5) is 0. The van der Waals surface area contributed by atoms with Gasteiger partial charge >= 0.3 is 0 Å². The molecule has 20 heavy (non-hydrogen) atoms. The Labute approximate surface area is 128 Å². The van der Waals surface area contributed by atoms with Gasteiger partial charge in [0.15, 0.2) is 0 Å². The van der Waals surface area contributed by atoms with Gasteiger partial charge in [-0.25, -0.2) is 0 Å². The molecule has 2 aromatic carbocycles. The molecule has 1 aromatic heterocycles. The van der Waals surface area contributed by atoms with Crippen LogP contribution in [0.1, 0.15) is 16.7 Å². The summed E-state index contributed by atoms with van der Waals surface area (Å²) in [5.74, 6) is 0. The number of rotatable bonds is 2. The maximum absolute atomic E-state index is 6.23. The predicted octanol–water partition coefficient (Wildman–Crippen LogP) is 5.61. The lowest BCUT2D eigenvalue weighted by molar-refractivity contribution is 0.835. The molecule has 3 aromatic rings. The second-order valence-electron chi connectivity index (χ2n) is 5.26. The number of halogens is 2. The van der Waals surface area contributed by atoms with Gasteiger partial charge in [0.2, 0.25) is 0 Å². The summed E-state index contributed by atoms with van der Waals surface area (Å²) in [5.41, 5.74) is 4.93. The highest BCUT2D eigenvalue weighted by molar-refractivity contribution is 6.38. The molecule has 0 saturated heterocycles. The van der Waals surface area contributed by atoms with Crippen LogP contribution in [0, 0.1) is 13.8 Å². The molecule has 0 spiro atoms. The zero-order valence-corrected chi connectivity index (χ0v) is 13.0. The molecule has 102 valence electrons. The third-order valence-corrected chi connectivity index (χ3v) is 3.97. The molecule has 0 aliphatic carbocycles. The smallest absolute Gasteiger partial charge is 0.0514 e. The Hall–Kier alpha value is -1.44. The number of nitrogens with zero attached hydrogens (tertiary/aromatic N) is 1. The van der Waals surface area contributed by atoms with Gasteiger partial charge in [-0.2, -0.15) is 0 Å². The highest BCUT2D eigenvalue weighted by Crippen LogP contribution is 2.29. The lowest BCUT2D eigenvalue weighted by Crippen LogP contribution is -1.98. The first-order valence-corrected chi connectivity index (χ1v) is 7.29. The van der Waals surface area contributed by atoms with Crippen molar-refractivity contribution in [3.8, 4) is 0 Å². The Balaban J connectivity index is 2.07. The highest BCUT2D eigenvalue weighted by atomic mass is 35.5. The van der Waals surface area contributed by atoms with E-state index < -0.39 is 0 Å². The van der Waals surface area contributed by atoms with Crippen molar-refractivity contribution < 1.29 is 0 Å². The first-order chi connectivity index (χ1) is 9.52. The summed E-state index contributed by atoms with van der Waals surface area (Å²) in [6, 6.07) is 12.4. The van der Waals surface area contributed by atoms with Crippen molar-refractivity contribution in [2.24, 2.45) is 0 Å². The maximum atomic E-state index is 6.23. The second-order valence-corrected chi connectivity index (χ2v) is 6.10. The molecule has 0 unspecified atom stereocenters. The van der Waals surface area contributed by atoms with E-state index in [0.717, 1.165) is 17.4 Å². The van der Waals surface area contributed by atoms with E-state index in [1.165, 1.54) is 16.7 Å². The van der Waals surface area contributed by atoms with Crippen molar-refractivity contribution in [3.05, 3.63) is 69.3 Å². The Morgan fingerprint density at radius 2 is 1.65 bits per heavy atom. The second kappa shape index (κ2) is 5.16. The summed E-state index contributed by atoms with van der Waals surface area (Å²) in [6.45, 7) is 5.07. The monoisotopic (exact) mass is 303 g/mol. The van der Waals surface area contributed by atoms with Crippen molar-refractivity contribution in [2.75, 3.05) is 0 Å². The SMILES string of the molecule is Cc1cc(C)cc(Cn2ccc3c(Cl)cc(Cl)cc32)c1. The molecule has 0 saturated carbocycles. The van der Waals surface area contributed by atoms with Gasteiger partial charge in [-0.1, -0.05) is 52.5 Å². The summed E-state index contributed by atoms with van der Waals surface area (Å²) in [5, 5.41) is 2.41. The molecule has 0 atom stereocenters. The quantitative estimate of drug-likeness (QED) is 0.579. The van der Waals surface area contributed by atoms with Gasteiger partial charge in [0.05, 0.1) is 10.5 Å². The van der Waals surface area contributed by atoms with E-state index in [0.29, 0.717) is 10.0 Å². The fraction of sp³-hybridized carbons (Fsp3) is 0.176. The molecule has 0 bridgehead atoms. The molecule has 3 rings (SSSR count). The van der Waals surface area contributed by atoms with Crippen LogP contribution in [0.2, 0.25) is 10.0 Å². The number of fused-ring (bicyclic) bond motifs is 1. The average Bonchev–Trinajstić information content (AvgIpc) is 2.71. The normalized spacial score (nSPS) is 11.2. The maximum Gasteiger partial charge on any atom is 0.0514 e. The van der Waals surface area contributed by atoms with Gasteiger partial charge < -0.3 is 4.57 Å². The Bertz CT molecular complexity index is 767. The van der Waals surface area contributed by atoms with Gasteiger partial charge in [-0.15, -0.1) is 0 Å². The third-order valence-electron chi connectivity index (χ3n) is 3.44. The van der Waals surface area contributed by atoms with Crippen LogP contribution in [0.4, 0.5) is 0 Å². The van der Waals surface area contributed by atoms with Crippen LogP contribution in [0.25, 0.3) is 10.9 Å². The molecule has 0 aliphatic heterocycles. The van der Waals surface area contributed by atoms with Gasteiger partial charge in [0.25, 0.3) is 0 Å².